The van der Waals surface area contributed by atoms with Crippen molar-refractivity contribution in [3.8, 4) is 11.3 Å². The van der Waals surface area contributed by atoms with Gasteiger partial charge >= 0.3 is 6.18 Å². The fraction of sp³-hybridized carbons (Fsp3) is 0.167. The third kappa shape index (κ3) is 3.04. The van der Waals surface area contributed by atoms with Crippen molar-refractivity contribution >= 4 is 21.7 Å². The van der Waals surface area contributed by atoms with E-state index < -0.39 is 11.7 Å². The fourth-order valence-electron chi connectivity index (χ4n) is 1.61. The lowest BCUT2D eigenvalue weighted by atomic mass is 10.0. The summed E-state index contributed by atoms with van der Waals surface area (Å²) in [7, 11) is 0. The second-order valence-electron chi connectivity index (χ2n) is 4.02. The van der Waals surface area contributed by atoms with Gasteiger partial charge in [-0.2, -0.15) is 13.2 Å². The molecular weight excluding hydrogens is 323 g/mol. The van der Waals surface area contributed by atoms with Gasteiger partial charge in [-0.05, 0) is 46.6 Å². The lowest BCUT2D eigenvalue weighted by Gasteiger charge is -2.10. The lowest BCUT2D eigenvalue weighted by Crippen LogP contribution is -2.05. The van der Waals surface area contributed by atoms with Gasteiger partial charge in [0.1, 0.15) is 4.60 Å². The van der Waals surface area contributed by atoms with Crippen molar-refractivity contribution < 1.29 is 13.2 Å². The summed E-state index contributed by atoms with van der Waals surface area (Å²) in [5.41, 5.74) is 5.96. The first-order valence-electron chi connectivity index (χ1n) is 5.24. The minimum atomic E-state index is -4.39. The Morgan fingerprint density at radius 1 is 1.21 bits per heavy atom. The van der Waals surface area contributed by atoms with E-state index in [1.165, 1.54) is 6.20 Å². The summed E-state index contributed by atoms with van der Waals surface area (Å²) < 4.78 is 38.5. The first-order valence-corrected chi connectivity index (χ1v) is 6.04. The molecule has 1 heterocycles. The van der Waals surface area contributed by atoms with Gasteiger partial charge in [-0.15, -0.1) is 0 Å². The average molecular weight is 332 g/mol. The highest BCUT2D eigenvalue weighted by Gasteiger charge is 2.31. The number of nitrogens with zero attached hydrogens (tertiary/aromatic N) is 2. The molecule has 0 aliphatic carbocycles. The van der Waals surface area contributed by atoms with Crippen LogP contribution in [0.5, 0.6) is 0 Å². The summed E-state index contributed by atoms with van der Waals surface area (Å²) in [6.45, 7) is 1.60. The predicted octanol–water partition coefficient (Wildman–Crippen LogP) is 3.82. The number of hydrogen-bond acceptors (Lipinski definition) is 3. The minimum Gasteiger partial charge on any atom is -0.381 e. The Hall–Kier alpha value is -1.63. The minimum absolute atomic E-state index is 0.187. The standard InChI is InChI=1S/C12H9BrF3N3/c1-6-2-7(4-8(3-6)12(14,15)16)9-5-18-11(17)10(13)19-9/h2-5H,1H3,(H2,17,18). The highest BCUT2D eigenvalue weighted by Crippen LogP contribution is 2.33. The molecule has 0 atom stereocenters. The average Bonchev–Trinajstić information content (AvgIpc) is 2.31. The quantitative estimate of drug-likeness (QED) is 0.864. The summed E-state index contributed by atoms with van der Waals surface area (Å²) in [6, 6.07) is 3.74. The van der Waals surface area contributed by atoms with Gasteiger partial charge < -0.3 is 5.73 Å². The summed E-state index contributed by atoms with van der Waals surface area (Å²) in [5.74, 6) is 0.187. The zero-order chi connectivity index (χ0) is 14.2. The third-order valence-electron chi connectivity index (χ3n) is 2.46. The van der Waals surface area contributed by atoms with Crippen molar-refractivity contribution in [3.05, 3.63) is 40.1 Å². The summed E-state index contributed by atoms with van der Waals surface area (Å²) in [5, 5.41) is 0. The molecule has 0 amide bonds. The van der Waals surface area contributed by atoms with Gasteiger partial charge in [0.15, 0.2) is 5.82 Å². The van der Waals surface area contributed by atoms with Gasteiger partial charge in [0.25, 0.3) is 0 Å². The molecule has 2 N–H and O–H groups in total. The molecule has 3 nitrogen and oxygen atoms in total. The van der Waals surface area contributed by atoms with Crippen LogP contribution in [0.3, 0.4) is 0 Å². The van der Waals surface area contributed by atoms with E-state index in [1.54, 1.807) is 13.0 Å². The van der Waals surface area contributed by atoms with Crippen LogP contribution in [-0.4, -0.2) is 9.97 Å². The summed E-state index contributed by atoms with van der Waals surface area (Å²) >= 11 is 3.10. The summed E-state index contributed by atoms with van der Waals surface area (Å²) in [6.07, 6.45) is -3.05. The Morgan fingerprint density at radius 2 is 1.89 bits per heavy atom. The molecule has 100 valence electrons. The monoisotopic (exact) mass is 331 g/mol. The van der Waals surface area contributed by atoms with Crippen molar-refractivity contribution in [2.24, 2.45) is 0 Å². The molecule has 19 heavy (non-hydrogen) atoms. The zero-order valence-corrected chi connectivity index (χ0v) is 11.4. The van der Waals surface area contributed by atoms with E-state index in [0.29, 0.717) is 21.4 Å². The van der Waals surface area contributed by atoms with Crippen molar-refractivity contribution in [1.29, 1.82) is 0 Å². The van der Waals surface area contributed by atoms with E-state index in [9.17, 15) is 13.2 Å². The molecule has 2 aromatic rings. The maximum atomic E-state index is 12.7. The highest BCUT2D eigenvalue weighted by molar-refractivity contribution is 9.10. The van der Waals surface area contributed by atoms with E-state index in [4.69, 9.17) is 5.73 Å². The van der Waals surface area contributed by atoms with Gasteiger partial charge in [-0.1, -0.05) is 0 Å². The maximum Gasteiger partial charge on any atom is 0.416 e. The lowest BCUT2D eigenvalue weighted by molar-refractivity contribution is -0.137. The van der Waals surface area contributed by atoms with Crippen molar-refractivity contribution in [2.75, 3.05) is 5.73 Å². The van der Waals surface area contributed by atoms with Crippen LogP contribution in [-0.2, 0) is 6.18 Å². The van der Waals surface area contributed by atoms with Gasteiger partial charge in [-0.25, -0.2) is 9.97 Å². The molecule has 0 bridgehead atoms. The molecule has 0 aliphatic rings. The number of rotatable bonds is 1. The SMILES string of the molecule is Cc1cc(-c2cnc(N)c(Br)n2)cc(C(F)(F)F)c1. The van der Waals surface area contributed by atoms with Crippen molar-refractivity contribution in [2.45, 2.75) is 13.1 Å². The number of hydrogen-bond donors (Lipinski definition) is 1. The van der Waals surface area contributed by atoms with Crippen LogP contribution in [0, 0.1) is 6.92 Å². The van der Waals surface area contributed by atoms with Crippen LogP contribution >= 0.6 is 15.9 Å². The molecule has 0 aliphatic heterocycles. The van der Waals surface area contributed by atoms with Gasteiger partial charge in [0.05, 0.1) is 17.5 Å². The topological polar surface area (TPSA) is 51.8 Å². The Morgan fingerprint density at radius 3 is 2.47 bits per heavy atom. The molecule has 1 aromatic carbocycles. The Kier molecular flexibility index (Phi) is 3.49. The molecule has 0 fully saturated rings. The van der Waals surface area contributed by atoms with Crippen LogP contribution in [0.4, 0.5) is 19.0 Å². The number of nitrogens with two attached hydrogens (primary N) is 1. The zero-order valence-electron chi connectivity index (χ0n) is 9.79. The molecule has 0 spiro atoms. The number of aromatic nitrogens is 2. The molecular formula is C12H9BrF3N3. The van der Waals surface area contributed by atoms with Gasteiger partial charge in [0.2, 0.25) is 0 Å². The molecule has 1 aromatic heterocycles. The molecule has 2 rings (SSSR count). The molecule has 7 heteroatoms. The molecule has 0 saturated heterocycles. The maximum absolute atomic E-state index is 12.7. The highest BCUT2D eigenvalue weighted by atomic mass is 79.9. The predicted molar refractivity (Wildman–Crippen MR) is 69.3 cm³/mol. The van der Waals surface area contributed by atoms with Crippen LogP contribution in [0.1, 0.15) is 11.1 Å². The number of nitrogen functional groups attached to an aromatic ring is 1. The van der Waals surface area contributed by atoms with E-state index >= 15 is 0 Å². The number of anilines is 1. The van der Waals surface area contributed by atoms with Crippen LogP contribution in [0.2, 0.25) is 0 Å². The van der Waals surface area contributed by atoms with E-state index in [0.717, 1.165) is 12.1 Å². The largest absolute Gasteiger partial charge is 0.416 e. The molecule has 0 radical (unpaired) electrons. The van der Waals surface area contributed by atoms with E-state index in [2.05, 4.69) is 25.9 Å². The van der Waals surface area contributed by atoms with E-state index in [1.807, 2.05) is 0 Å². The normalized spacial score (nSPS) is 11.6. The van der Waals surface area contributed by atoms with Gasteiger partial charge in [-0.3, -0.25) is 0 Å². The van der Waals surface area contributed by atoms with Crippen LogP contribution < -0.4 is 5.73 Å². The number of benzene rings is 1. The number of alkyl halides is 3. The first-order chi connectivity index (χ1) is 8.77. The number of aryl methyl sites for hydroxylation is 1. The second kappa shape index (κ2) is 4.80. The van der Waals surface area contributed by atoms with Crippen molar-refractivity contribution in [1.82, 2.24) is 9.97 Å². The van der Waals surface area contributed by atoms with E-state index in [-0.39, 0.29) is 5.82 Å². The third-order valence-corrected chi connectivity index (χ3v) is 3.04. The van der Waals surface area contributed by atoms with Crippen LogP contribution in [0.15, 0.2) is 29.0 Å². The Bertz CT molecular complexity index is 626. The van der Waals surface area contributed by atoms with Gasteiger partial charge in [0, 0.05) is 5.56 Å². The number of halogens is 4. The Balaban J connectivity index is 2.56. The summed E-state index contributed by atoms with van der Waals surface area (Å²) in [4.78, 5) is 7.93. The van der Waals surface area contributed by atoms with Crippen molar-refractivity contribution in [3.63, 3.8) is 0 Å². The first kappa shape index (κ1) is 13.8. The van der Waals surface area contributed by atoms with Crippen LogP contribution in [0.25, 0.3) is 11.3 Å². The second-order valence-corrected chi connectivity index (χ2v) is 4.77. The molecule has 0 unspecified atom stereocenters. The Labute approximate surface area is 115 Å². The smallest absolute Gasteiger partial charge is 0.381 e. The molecule has 0 saturated carbocycles. The fourth-order valence-corrected chi connectivity index (χ4v) is 1.90.